The fraction of sp³-hybridized carbons (Fsp3) is 0.333. The molecule has 2 nitrogen and oxygen atoms in total. The van der Waals surface area contributed by atoms with Crippen LogP contribution in [0.15, 0.2) is 24.3 Å². The molecule has 3 heteroatoms. The van der Waals surface area contributed by atoms with Crippen LogP contribution in [-0.2, 0) is 6.42 Å². The minimum atomic E-state index is 1.01. The van der Waals surface area contributed by atoms with E-state index in [1.807, 2.05) is 0 Å². The van der Waals surface area contributed by atoms with Gasteiger partial charge in [0.1, 0.15) is 11.0 Å². The van der Waals surface area contributed by atoms with Gasteiger partial charge in [0.05, 0.1) is 11.7 Å². The molecule has 0 N–H and O–H groups in total. The Kier molecular flexibility index (Phi) is 2.82. The Balaban J connectivity index is 2.39. The first-order valence-electron chi connectivity index (χ1n) is 5.03. The van der Waals surface area contributed by atoms with Crippen LogP contribution in [0.4, 0.5) is 0 Å². The van der Waals surface area contributed by atoms with Gasteiger partial charge in [0.25, 0.3) is 0 Å². The Morgan fingerprint density at radius 1 is 1.33 bits per heavy atom. The van der Waals surface area contributed by atoms with Crippen molar-refractivity contribution in [2.75, 3.05) is 0 Å². The maximum Gasteiger partial charge on any atom is 0.108 e. The van der Waals surface area contributed by atoms with Gasteiger partial charge in [-0.25, -0.2) is 0 Å². The largest absolute Gasteiger partial charge is 0.173 e. The minimum absolute atomic E-state index is 1.01. The van der Waals surface area contributed by atoms with Crippen LogP contribution >= 0.6 is 11.7 Å². The highest BCUT2D eigenvalue weighted by Gasteiger charge is 2.07. The predicted molar refractivity (Wildman–Crippen MR) is 65.3 cm³/mol. The summed E-state index contributed by atoms with van der Waals surface area (Å²) in [4.78, 5) is 0. The van der Waals surface area contributed by atoms with Crippen LogP contribution < -0.4 is 0 Å². The van der Waals surface area contributed by atoms with Gasteiger partial charge in [-0.1, -0.05) is 17.7 Å². The monoisotopic (exact) mass is 218 g/mol. The molecule has 0 radical (unpaired) electrons. The second kappa shape index (κ2) is 4.11. The van der Waals surface area contributed by atoms with Crippen LogP contribution in [0, 0.1) is 6.92 Å². The fourth-order valence-corrected chi connectivity index (χ4v) is 2.23. The standard InChI is InChI=1S/C12H14N2S/c1-8(2)4-6-10-7-5-9(3)11-12(10)14-15-13-11/h5,7H,1,4,6H2,2-3H3. The molecule has 15 heavy (non-hydrogen) atoms. The molecule has 0 unspecified atom stereocenters. The smallest absolute Gasteiger partial charge is 0.108 e. The summed E-state index contributed by atoms with van der Waals surface area (Å²) in [6.07, 6.45) is 2.03. The van der Waals surface area contributed by atoms with Crippen molar-refractivity contribution >= 4 is 22.8 Å². The van der Waals surface area contributed by atoms with Crippen molar-refractivity contribution in [3.8, 4) is 0 Å². The summed E-state index contributed by atoms with van der Waals surface area (Å²) in [5.74, 6) is 0. The molecule has 78 valence electrons. The summed E-state index contributed by atoms with van der Waals surface area (Å²) in [7, 11) is 0. The normalized spacial score (nSPS) is 10.8. The summed E-state index contributed by atoms with van der Waals surface area (Å²) in [5, 5.41) is 0. The molecule has 0 amide bonds. The summed E-state index contributed by atoms with van der Waals surface area (Å²) in [6, 6.07) is 4.28. The maximum absolute atomic E-state index is 4.36. The van der Waals surface area contributed by atoms with Crippen molar-refractivity contribution in [1.29, 1.82) is 0 Å². The van der Waals surface area contributed by atoms with Gasteiger partial charge < -0.3 is 0 Å². The van der Waals surface area contributed by atoms with E-state index in [-0.39, 0.29) is 0 Å². The quantitative estimate of drug-likeness (QED) is 0.737. The molecule has 0 spiro atoms. The number of fused-ring (bicyclic) bond motifs is 1. The van der Waals surface area contributed by atoms with Crippen molar-refractivity contribution in [3.63, 3.8) is 0 Å². The first-order valence-corrected chi connectivity index (χ1v) is 5.76. The van der Waals surface area contributed by atoms with E-state index in [4.69, 9.17) is 0 Å². The summed E-state index contributed by atoms with van der Waals surface area (Å²) < 4.78 is 8.67. The van der Waals surface area contributed by atoms with Crippen molar-refractivity contribution in [3.05, 3.63) is 35.4 Å². The lowest BCUT2D eigenvalue weighted by molar-refractivity contribution is 0.951. The van der Waals surface area contributed by atoms with E-state index < -0.39 is 0 Å². The molecule has 0 atom stereocenters. The summed E-state index contributed by atoms with van der Waals surface area (Å²) in [5.41, 5.74) is 5.83. The van der Waals surface area contributed by atoms with Gasteiger partial charge in [0, 0.05) is 0 Å². The van der Waals surface area contributed by atoms with E-state index in [2.05, 4.69) is 41.3 Å². The highest BCUT2D eigenvalue weighted by Crippen LogP contribution is 2.22. The van der Waals surface area contributed by atoms with Gasteiger partial charge in [-0.15, -0.1) is 6.58 Å². The second-order valence-electron chi connectivity index (χ2n) is 3.96. The molecule has 1 aromatic carbocycles. The van der Waals surface area contributed by atoms with Crippen LogP contribution in [0.5, 0.6) is 0 Å². The topological polar surface area (TPSA) is 25.8 Å². The van der Waals surface area contributed by atoms with Gasteiger partial charge in [-0.3, -0.25) is 0 Å². The molecule has 1 heterocycles. The number of rotatable bonds is 3. The second-order valence-corrected chi connectivity index (χ2v) is 4.49. The van der Waals surface area contributed by atoms with Gasteiger partial charge in [-0.05, 0) is 37.8 Å². The zero-order valence-corrected chi connectivity index (χ0v) is 9.90. The van der Waals surface area contributed by atoms with E-state index in [0.29, 0.717) is 0 Å². The van der Waals surface area contributed by atoms with Crippen molar-refractivity contribution < 1.29 is 0 Å². The van der Waals surface area contributed by atoms with Crippen molar-refractivity contribution in [2.24, 2.45) is 0 Å². The molecule has 2 aromatic rings. The zero-order valence-electron chi connectivity index (χ0n) is 9.08. The van der Waals surface area contributed by atoms with E-state index in [9.17, 15) is 0 Å². The van der Waals surface area contributed by atoms with Crippen LogP contribution in [0.1, 0.15) is 24.5 Å². The van der Waals surface area contributed by atoms with Gasteiger partial charge >= 0.3 is 0 Å². The van der Waals surface area contributed by atoms with Crippen LogP contribution in [0.2, 0.25) is 0 Å². The third kappa shape index (κ3) is 2.07. The Bertz CT molecular complexity index is 499. The third-order valence-electron chi connectivity index (χ3n) is 2.52. The molecule has 2 rings (SSSR count). The molecule has 0 aliphatic heterocycles. The van der Waals surface area contributed by atoms with Gasteiger partial charge in [-0.2, -0.15) is 8.75 Å². The Hall–Kier alpha value is -1.22. The minimum Gasteiger partial charge on any atom is -0.173 e. The zero-order chi connectivity index (χ0) is 10.8. The Morgan fingerprint density at radius 3 is 2.80 bits per heavy atom. The molecule has 0 aliphatic rings. The molecular weight excluding hydrogens is 204 g/mol. The van der Waals surface area contributed by atoms with E-state index in [1.165, 1.54) is 28.4 Å². The number of hydrogen-bond acceptors (Lipinski definition) is 3. The molecule has 0 saturated carbocycles. The van der Waals surface area contributed by atoms with Crippen molar-refractivity contribution in [1.82, 2.24) is 8.75 Å². The van der Waals surface area contributed by atoms with Gasteiger partial charge in [0.15, 0.2) is 0 Å². The highest BCUT2D eigenvalue weighted by molar-refractivity contribution is 7.00. The third-order valence-corrected chi connectivity index (χ3v) is 3.05. The Morgan fingerprint density at radius 2 is 2.07 bits per heavy atom. The lowest BCUT2D eigenvalue weighted by Gasteiger charge is -2.03. The highest BCUT2D eigenvalue weighted by atomic mass is 32.1. The SMILES string of the molecule is C=C(C)CCc1ccc(C)c2nsnc12. The summed E-state index contributed by atoms with van der Waals surface area (Å²) >= 11 is 1.29. The molecule has 0 bridgehead atoms. The molecule has 1 aromatic heterocycles. The molecule has 0 aliphatic carbocycles. The van der Waals surface area contributed by atoms with Crippen molar-refractivity contribution in [2.45, 2.75) is 26.7 Å². The average molecular weight is 218 g/mol. The first-order chi connectivity index (χ1) is 7.18. The predicted octanol–water partition coefficient (Wildman–Crippen LogP) is 3.51. The number of aromatic nitrogens is 2. The first kappa shape index (κ1) is 10.3. The van der Waals surface area contributed by atoms with E-state index >= 15 is 0 Å². The number of allylic oxidation sites excluding steroid dienone is 1. The fourth-order valence-electron chi connectivity index (χ4n) is 1.59. The van der Waals surface area contributed by atoms with Crippen LogP contribution in [-0.4, -0.2) is 8.75 Å². The van der Waals surface area contributed by atoms with Crippen LogP contribution in [0.25, 0.3) is 11.0 Å². The molecule has 0 fully saturated rings. The maximum atomic E-state index is 4.36. The number of hydrogen-bond donors (Lipinski definition) is 0. The average Bonchev–Trinajstić information content (AvgIpc) is 2.66. The van der Waals surface area contributed by atoms with Crippen LogP contribution in [0.3, 0.4) is 0 Å². The summed E-state index contributed by atoms with van der Waals surface area (Å²) in [6.45, 7) is 8.06. The lowest BCUT2D eigenvalue weighted by atomic mass is 10.0. The van der Waals surface area contributed by atoms with Gasteiger partial charge in [0.2, 0.25) is 0 Å². The van der Waals surface area contributed by atoms with E-state index in [0.717, 1.165) is 23.9 Å². The number of benzene rings is 1. The van der Waals surface area contributed by atoms with E-state index in [1.54, 1.807) is 0 Å². The number of nitrogens with zero attached hydrogens (tertiary/aromatic N) is 2. The molecular formula is C12H14N2S. The molecule has 0 saturated heterocycles. The number of aryl methyl sites for hydroxylation is 2. The lowest BCUT2D eigenvalue weighted by Crippen LogP contribution is -1.89. The Labute approximate surface area is 94.0 Å².